The molecule has 0 saturated carbocycles. The molecular formula is C15H23NO2. The number of methoxy groups -OCH3 is 1. The van der Waals surface area contributed by atoms with E-state index in [1.807, 2.05) is 18.2 Å². The van der Waals surface area contributed by atoms with Crippen LogP contribution in [-0.2, 0) is 0 Å². The Labute approximate surface area is 109 Å². The number of hydrogen-bond donors (Lipinski definition) is 1. The fourth-order valence-corrected chi connectivity index (χ4v) is 3.04. The van der Waals surface area contributed by atoms with Gasteiger partial charge in [0.05, 0.1) is 12.8 Å². The van der Waals surface area contributed by atoms with Crippen LogP contribution in [0.1, 0.15) is 26.7 Å². The molecule has 1 fully saturated rings. The largest absolute Gasteiger partial charge is 0.495 e. The molecule has 1 heterocycles. The molecular weight excluding hydrogens is 226 g/mol. The summed E-state index contributed by atoms with van der Waals surface area (Å²) in [6, 6.07) is 8.16. The lowest BCUT2D eigenvalue weighted by atomic mass is 9.94. The first-order chi connectivity index (χ1) is 8.58. The maximum absolute atomic E-state index is 9.11. The van der Waals surface area contributed by atoms with Gasteiger partial charge in [0.1, 0.15) is 5.75 Å². The van der Waals surface area contributed by atoms with Crippen molar-refractivity contribution in [3.8, 4) is 5.75 Å². The van der Waals surface area contributed by atoms with E-state index in [9.17, 15) is 0 Å². The molecule has 0 aliphatic carbocycles. The van der Waals surface area contributed by atoms with Crippen LogP contribution in [0.3, 0.4) is 0 Å². The van der Waals surface area contributed by atoms with E-state index in [2.05, 4.69) is 24.8 Å². The number of hydrogen-bond acceptors (Lipinski definition) is 3. The maximum atomic E-state index is 9.11. The molecule has 18 heavy (non-hydrogen) atoms. The SMILES string of the molecule is COc1ccccc1N1CC(CCO)CC1(C)C. The van der Waals surface area contributed by atoms with Gasteiger partial charge < -0.3 is 14.7 Å². The summed E-state index contributed by atoms with van der Waals surface area (Å²) in [4.78, 5) is 2.41. The highest BCUT2D eigenvalue weighted by molar-refractivity contribution is 5.60. The number of benzene rings is 1. The Bertz CT molecular complexity index is 403. The molecule has 0 bridgehead atoms. The summed E-state index contributed by atoms with van der Waals surface area (Å²) >= 11 is 0. The molecule has 1 aliphatic heterocycles. The van der Waals surface area contributed by atoms with Crippen molar-refractivity contribution in [2.45, 2.75) is 32.2 Å². The third-order valence-electron chi connectivity index (χ3n) is 3.87. The fourth-order valence-electron chi connectivity index (χ4n) is 3.04. The minimum Gasteiger partial charge on any atom is -0.495 e. The van der Waals surface area contributed by atoms with Gasteiger partial charge in [-0.25, -0.2) is 0 Å². The van der Waals surface area contributed by atoms with Gasteiger partial charge in [0.25, 0.3) is 0 Å². The zero-order valence-corrected chi connectivity index (χ0v) is 11.5. The molecule has 100 valence electrons. The van der Waals surface area contributed by atoms with Crippen LogP contribution in [0, 0.1) is 5.92 Å². The van der Waals surface area contributed by atoms with E-state index >= 15 is 0 Å². The van der Waals surface area contributed by atoms with Gasteiger partial charge in [0, 0.05) is 18.7 Å². The first-order valence-electron chi connectivity index (χ1n) is 6.60. The van der Waals surface area contributed by atoms with Crippen molar-refractivity contribution in [3.63, 3.8) is 0 Å². The Hall–Kier alpha value is -1.22. The lowest BCUT2D eigenvalue weighted by Gasteiger charge is -2.34. The molecule has 0 spiro atoms. The highest BCUT2D eigenvalue weighted by Crippen LogP contribution is 2.41. The Morgan fingerprint density at radius 3 is 2.78 bits per heavy atom. The molecule has 1 unspecified atom stereocenters. The molecule has 1 aliphatic rings. The van der Waals surface area contributed by atoms with E-state index in [-0.39, 0.29) is 12.1 Å². The predicted octanol–water partition coefficient (Wildman–Crippen LogP) is 2.68. The van der Waals surface area contributed by atoms with Gasteiger partial charge in [0.2, 0.25) is 0 Å². The quantitative estimate of drug-likeness (QED) is 0.890. The average Bonchev–Trinajstić information content (AvgIpc) is 2.64. The van der Waals surface area contributed by atoms with Crippen LogP contribution in [0.25, 0.3) is 0 Å². The topological polar surface area (TPSA) is 32.7 Å². The van der Waals surface area contributed by atoms with Crippen molar-refractivity contribution in [2.24, 2.45) is 5.92 Å². The van der Waals surface area contributed by atoms with Crippen molar-refractivity contribution in [1.82, 2.24) is 0 Å². The zero-order valence-electron chi connectivity index (χ0n) is 11.5. The average molecular weight is 249 g/mol. The van der Waals surface area contributed by atoms with E-state index in [1.165, 1.54) is 0 Å². The third kappa shape index (κ3) is 2.46. The van der Waals surface area contributed by atoms with Crippen LogP contribution in [0.2, 0.25) is 0 Å². The minimum absolute atomic E-state index is 0.120. The van der Waals surface area contributed by atoms with Crippen LogP contribution in [0.4, 0.5) is 5.69 Å². The number of aliphatic hydroxyl groups is 1. The van der Waals surface area contributed by atoms with Crippen LogP contribution >= 0.6 is 0 Å². The maximum Gasteiger partial charge on any atom is 0.142 e. The molecule has 0 radical (unpaired) electrons. The Kier molecular flexibility index (Phi) is 3.81. The van der Waals surface area contributed by atoms with Gasteiger partial charge in [-0.2, -0.15) is 0 Å². The molecule has 3 nitrogen and oxygen atoms in total. The molecule has 1 saturated heterocycles. The summed E-state index contributed by atoms with van der Waals surface area (Å²) in [7, 11) is 1.72. The van der Waals surface area contributed by atoms with Crippen LogP contribution in [0.5, 0.6) is 5.75 Å². The summed E-state index contributed by atoms with van der Waals surface area (Å²) in [5.74, 6) is 1.49. The second-order valence-corrected chi connectivity index (χ2v) is 5.68. The summed E-state index contributed by atoms with van der Waals surface area (Å²) in [5.41, 5.74) is 1.28. The number of nitrogens with zero attached hydrogens (tertiary/aromatic N) is 1. The van der Waals surface area contributed by atoms with Crippen LogP contribution in [-0.4, -0.2) is 30.9 Å². The molecule has 1 aromatic carbocycles. The Morgan fingerprint density at radius 2 is 2.11 bits per heavy atom. The standard InChI is InChI=1S/C15H23NO2/c1-15(2)10-12(8-9-17)11-16(15)13-6-4-5-7-14(13)18-3/h4-7,12,17H,8-11H2,1-3H3. The molecule has 1 atom stereocenters. The molecule has 0 aromatic heterocycles. The van der Waals surface area contributed by atoms with E-state index in [0.29, 0.717) is 5.92 Å². The second kappa shape index (κ2) is 5.19. The number of aliphatic hydroxyl groups excluding tert-OH is 1. The number of ether oxygens (including phenoxy) is 1. The summed E-state index contributed by atoms with van der Waals surface area (Å²) in [6.45, 7) is 5.79. The molecule has 3 heteroatoms. The van der Waals surface area contributed by atoms with Gasteiger partial charge >= 0.3 is 0 Å². The molecule has 1 N–H and O–H groups in total. The third-order valence-corrected chi connectivity index (χ3v) is 3.87. The number of anilines is 1. The smallest absolute Gasteiger partial charge is 0.142 e. The van der Waals surface area contributed by atoms with Gasteiger partial charge in [0.15, 0.2) is 0 Å². The first-order valence-corrected chi connectivity index (χ1v) is 6.60. The highest BCUT2D eigenvalue weighted by atomic mass is 16.5. The van der Waals surface area contributed by atoms with Crippen molar-refractivity contribution < 1.29 is 9.84 Å². The van der Waals surface area contributed by atoms with Gasteiger partial charge in [-0.3, -0.25) is 0 Å². The van der Waals surface area contributed by atoms with Gasteiger partial charge in [-0.1, -0.05) is 12.1 Å². The van der Waals surface area contributed by atoms with Crippen LogP contribution in [0.15, 0.2) is 24.3 Å². The van der Waals surface area contributed by atoms with Gasteiger partial charge in [-0.05, 0) is 44.7 Å². The van der Waals surface area contributed by atoms with E-state index in [4.69, 9.17) is 9.84 Å². The highest BCUT2D eigenvalue weighted by Gasteiger charge is 2.38. The number of para-hydroxylation sites is 2. The normalized spacial score (nSPS) is 22.2. The lowest BCUT2D eigenvalue weighted by Crippen LogP contribution is -2.38. The fraction of sp³-hybridized carbons (Fsp3) is 0.600. The van der Waals surface area contributed by atoms with Gasteiger partial charge in [-0.15, -0.1) is 0 Å². The monoisotopic (exact) mass is 249 g/mol. The van der Waals surface area contributed by atoms with E-state index in [0.717, 1.165) is 30.8 Å². The zero-order chi connectivity index (χ0) is 13.2. The van der Waals surface area contributed by atoms with Crippen molar-refractivity contribution >= 4 is 5.69 Å². The van der Waals surface area contributed by atoms with Crippen molar-refractivity contribution in [2.75, 3.05) is 25.2 Å². The second-order valence-electron chi connectivity index (χ2n) is 5.68. The minimum atomic E-state index is 0.120. The van der Waals surface area contributed by atoms with Crippen molar-refractivity contribution in [3.05, 3.63) is 24.3 Å². The molecule has 2 rings (SSSR count). The lowest BCUT2D eigenvalue weighted by molar-refractivity contribution is 0.259. The Morgan fingerprint density at radius 1 is 1.39 bits per heavy atom. The van der Waals surface area contributed by atoms with E-state index in [1.54, 1.807) is 7.11 Å². The van der Waals surface area contributed by atoms with Crippen molar-refractivity contribution in [1.29, 1.82) is 0 Å². The predicted molar refractivity (Wildman–Crippen MR) is 74.2 cm³/mol. The summed E-state index contributed by atoms with van der Waals surface area (Å²) in [6.07, 6.45) is 2.00. The Balaban J connectivity index is 2.26. The first kappa shape index (κ1) is 13.2. The van der Waals surface area contributed by atoms with E-state index < -0.39 is 0 Å². The number of rotatable bonds is 4. The summed E-state index contributed by atoms with van der Waals surface area (Å²) in [5, 5.41) is 9.11. The molecule has 1 aromatic rings. The van der Waals surface area contributed by atoms with Crippen LogP contribution < -0.4 is 9.64 Å². The molecule has 0 amide bonds. The summed E-state index contributed by atoms with van der Waals surface area (Å²) < 4.78 is 5.46.